The zero-order valence-corrected chi connectivity index (χ0v) is 18.5. The summed E-state index contributed by atoms with van der Waals surface area (Å²) in [5.41, 5.74) is 3.12. The average Bonchev–Trinajstić information content (AvgIpc) is 3.11. The lowest BCUT2D eigenvalue weighted by Gasteiger charge is -2.25. The van der Waals surface area contributed by atoms with E-state index in [0.29, 0.717) is 11.3 Å². The number of rotatable bonds is 4. The zero-order valence-electron chi connectivity index (χ0n) is 16.1. The van der Waals surface area contributed by atoms with Gasteiger partial charge in [-0.25, -0.2) is 4.39 Å². The molecule has 0 unspecified atom stereocenters. The van der Waals surface area contributed by atoms with Crippen molar-refractivity contribution in [3.05, 3.63) is 93.7 Å². The molecule has 0 radical (unpaired) electrons. The molecule has 30 heavy (non-hydrogen) atoms. The number of carbonyl (C=O) groups excluding carboxylic acids is 2. The molecular weight excluding hydrogens is 467 g/mol. The SMILES string of the molecule is Cc1ccc(F)c(N2C(=O)CS[C@@H]2c2cccc(NC(=O)c3cccc(Br)c3)c2)c1. The molecule has 1 heterocycles. The fourth-order valence-electron chi connectivity index (χ4n) is 3.34. The molecule has 1 atom stereocenters. The Labute approximate surface area is 186 Å². The summed E-state index contributed by atoms with van der Waals surface area (Å²) < 4.78 is 15.3. The van der Waals surface area contributed by atoms with Gasteiger partial charge in [-0.05, 0) is 60.5 Å². The third kappa shape index (κ3) is 4.27. The standard InChI is InChI=1S/C23H18BrFN2O2S/c1-14-8-9-19(25)20(10-14)27-21(28)13-30-23(27)16-5-3-7-18(12-16)26-22(29)15-4-2-6-17(24)11-15/h2-12,23H,13H2,1H3,(H,26,29)/t23-/m1/s1. The maximum absolute atomic E-state index is 14.5. The van der Waals surface area contributed by atoms with Crippen LogP contribution in [0.3, 0.4) is 0 Å². The molecule has 0 spiro atoms. The Balaban J connectivity index is 1.62. The van der Waals surface area contributed by atoms with Crippen LogP contribution in [-0.2, 0) is 4.79 Å². The normalized spacial score (nSPS) is 16.0. The van der Waals surface area contributed by atoms with Crippen molar-refractivity contribution >= 4 is 50.9 Å². The Morgan fingerprint density at radius 3 is 2.73 bits per heavy atom. The fourth-order valence-corrected chi connectivity index (χ4v) is 4.90. The van der Waals surface area contributed by atoms with E-state index in [1.54, 1.807) is 36.4 Å². The molecule has 0 aromatic heterocycles. The Bertz CT molecular complexity index is 1140. The van der Waals surface area contributed by atoms with Crippen LogP contribution in [0.1, 0.15) is 26.9 Å². The van der Waals surface area contributed by atoms with Crippen LogP contribution < -0.4 is 10.2 Å². The predicted octanol–water partition coefficient (Wildman–Crippen LogP) is 5.93. The van der Waals surface area contributed by atoms with Gasteiger partial charge in [0.2, 0.25) is 5.91 Å². The maximum Gasteiger partial charge on any atom is 0.255 e. The first-order valence-corrected chi connectivity index (χ1v) is 11.1. The lowest BCUT2D eigenvalue weighted by molar-refractivity contribution is -0.115. The lowest BCUT2D eigenvalue weighted by atomic mass is 10.1. The van der Waals surface area contributed by atoms with Crippen molar-refractivity contribution in [3.8, 4) is 0 Å². The predicted molar refractivity (Wildman–Crippen MR) is 122 cm³/mol. The molecule has 3 aromatic carbocycles. The fraction of sp³-hybridized carbons (Fsp3) is 0.130. The van der Waals surface area contributed by atoms with Crippen molar-refractivity contribution in [2.45, 2.75) is 12.3 Å². The van der Waals surface area contributed by atoms with E-state index < -0.39 is 5.82 Å². The number of thioether (sulfide) groups is 1. The number of nitrogens with zero attached hydrogens (tertiary/aromatic N) is 1. The Morgan fingerprint density at radius 2 is 1.93 bits per heavy atom. The number of hydrogen-bond acceptors (Lipinski definition) is 3. The topological polar surface area (TPSA) is 49.4 Å². The van der Waals surface area contributed by atoms with E-state index in [0.717, 1.165) is 15.6 Å². The second-order valence-electron chi connectivity index (χ2n) is 6.97. The first-order chi connectivity index (χ1) is 14.4. The van der Waals surface area contributed by atoms with Crippen molar-refractivity contribution in [2.24, 2.45) is 0 Å². The number of aryl methyl sites for hydroxylation is 1. The summed E-state index contributed by atoms with van der Waals surface area (Å²) >= 11 is 4.80. The number of carbonyl (C=O) groups is 2. The molecule has 0 aliphatic carbocycles. The van der Waals surface area contributed by atoms with E-state index in [2.05, 4.69) is 21.2 Å². The van der Waals surface area contributed by atoms with E-state index in [1.165, 1.54) is 22.7 Å². The number of nitrogens with one attached hydrogen (secondary N) is 1. The smallest absolute Gasteiger partial charge is 0.255 e. The molecule has 3 aromatic rings. The minimum atomic E-state index is -0.430. The molecule has 7 heteroatoms. The Morgan fingerprint density at radius 1 is 1.13 bits per heavy atom. The highest BCUT2D eigenvalue weighted by atomic mass is 79.9. The van der Waals surface area contributed by atoms with E-state index in [-0.39, 0.29) is 28.6 Å². The van der Waals surface area contributed by atoms with Crippen molar-refractivity contribution in [1.82, 2.24) is 0 Å². The van der Waals surface area contributed by atoms with Crippen molar-refractivity contribution in [3.63, 3.8) is 0 Å². The Kier molecular flexibility index (Phi) is 5.92. The third-order valence-electron chi connectivity index (χ3n) is 4.75. The molecule has 4 nitrogen and oxygen atoms in total. The van der Waals surface area contributed by atoms with E-state index in [4.69, 9.17) is 0 Å². The van der Waals surface area contributed by atoms with Crippen LogP contribution in [0.4, 0.5) is 15.8 Å². The summed E-state index contributed by atoms with van der Waals surface area (Å²) in [5.74, 6) is -0.532. The van der Waals surface area contributed by atoms with E-state index >= 15 is 0 Å². The second kappa shape index (κ2) is 8.62. The van der Waals surface area contributed by atoms with Gasteiger partial charge in [0.15, 0.2) is 0 Å². The van der Waals surface area contributed by atoms with Crippen LogP contribution in [0, 0.1) is 12.7 Å². The minimum Gasteiger partial charge on any atom is -0.322 e. The minimum absolute atomic E-state index is 0.141. The maximum atomic E-state index is 14.5. The molecule has 0 saturated carbocycles. The van der Waals surface area contributed by atoms with Crippen molar-refractivity contribution < 1.29 is 14.0 Å². The third-order valence-corrected chi connectivity index (χ3v) is 6.45. The second-order valence-corrected chi connectivity index (χ2v) is 8.96. The van der Waals surface area contributed by atoms with Gasteiger partial charge in [0, 0.05) is 15.7 Å². The van der Waals surface area contributed by atoms with Crippen LogP contribution in [0.5, 0.6) is 0 Å². The first-order valence-electron chi connectivity index (χ1n) is 9.29. The molecule has 1 fully saturated rings. The van der Waals surface area contributed by atoms with Crippen molar-refractivity contribution in [1.29, 1.82) is 0 Å². The quantitative estimate of drug-likeness (QED) is 0.499. The van der Waals surface area contributed by atoms with Gasteiger partial charge >= 0.3 is 0 Å². The molecule has 152 valence electrons. The van der Waals surface area contributed by atoms with Crippen LogP contribution in [0.2, 0.25) is 0 Å². The van der Waals surface area contributed by atoms with Crippen LogP contribution in [0.15, 0.2) is 71.2 Å². The zero-order chi connectivity index (χ0) is 21.3. The highest BCUT2D eigenvalue weighted by Gasteiger charge is 2.35. The van der Waals surface area contributed by atoms with Crippen LogP contribution in [-0.4, -0.2) is 17.6 Å². The monoisotopic (exact) mass is 484 g/mol. The molecule has 2 amide bonds. The van der Waals surface area contributed by atoms with Gasteiger partial charge in [0.1, 0.15) is 11.2 Å². The lowest BCUT2D eigenvalue weighted by Crippen LogP contribution is -2.28. The summed E-state index contributed by atoms with van der Waals surface area (Å²) in [7, 11) is 0. The van der Waals surface area contributed by atoms with Gasteiger partial charge in [0.05, 0.1) is 11.4 Å². The molecule has 1 saturated heterocycles. The first kappa shape index (κ1) is 20.6. The van der Waals surface area contributed by atoms with Gasteiger partial charge < -0.3 is 5.32 Å². The van der Waals surface area contributed by atoms with Crippen molar-refractivity contribution in [2.75, 3.05) is 16.0 Å². The molecule has 1 N–H and O–H groups in total. The summed E-state index contributed by atoms with van der Waals surface area (Å²) in [6.07, 6.45) is 0. The molecule has 0 bridgehead atoms. The highest BCUT2D eigenvalue weighted by Crippen LogP contribution is 2.43. The van der Waals surface area contributed by atoms with Gasteiger partial charge in [0.25, 0.3) is 5.91 Å². The van der Waals surface area contributed by atoms with Gasteiger partial charge in [-0.3, -0.25) is 14.5 Å². The van der Waals surface area contributed by atoms with Gasteiger partial charge in [-0.2, -0.15) is 0 Å². The van der Waals surface area contributed by atoms with Crippen LogP contribution >= 0.6 is 27.7 Å². The van der Waals surface area contributed by atoms with E-state index in [1.807, 2.05) is 31.2 Å². The molecule has 4 rings (SSSR count). The Hall–Kier alpha value is -2.64. The molecular formula is C23H18BrFN2O2S. The largest absolute Gasteiger partial charge is 0.322 e. The average molecular weight is 485 g/mol. The summed E-state index contributed by atoms with van der Waals surface area (Å²) in [4.78, 5) is 26.6. The molecule has 1 aliphatic rings. The van der Waals surface area contributed by atoms with Gasteiger partial charge in [-0.15, -0.1) is 11.8 Å². The van der Waals surface area contributed by atoms with Gasteiger partial charge in [-0.1, -0.05) is 40.2 Å². The summed E-state index contributed by atoms with van der Waals surface area (Å²) in [6.45, 7) is 1.86. The number of halogens is 2. The number of hydrogen-bond donors (Lipinski definition) is 1. The number of anilines is 2. The highest BCUT2D eigenvalue weighted by molar-refractivity contribution is 9.10. The van der Waals surface area contributed by atoms with E-state index in [9.17, 15) is 14.0 Å². The molecule has 1 aliphatic heterocycles. The summed E-state index contributed by atoms with van der Waals surface area (Å²) in [6, 6.07) is 19.2. The van der Waals surface area contributed by atoms with Crippen LogP contribution in [0.25, 0.3) is 0 Å². The number of amides is 2. The summed E-state index contributed by atoms with van der Waals surface area (Å²) in [5, 5.41) is 2.52. The number of benzene rings is 3.